The fraction of sp³-hybridized carbons (Fsp3) is 0.385. The van der Waals surface area contributed by atoms with E-state index in [0.717, 1.165) is 4.31 Å². The van der Waals surface area contributed by atoms with Gasteiger partial charge in [0.1, 0.15) is 6.04 Å². The molecule has 1 aliphatic heterocycles. The van der Waals surface area contributed by atoms with Gasteiger partial charge in [0, 0.05) is 19.2 Å². The van der Waals surface area contributed by atoms with Gasteiger partial charge in [-0.25, -0.2) is 13.1 Å². The first kappa shape index (κ1) is 15.6. The van der Waals surface area contributed by atoms with E-state index in [2.05, 4.69) is 15.5 Å². The lowest BCUT2D eigenvalue weighted by molar-refractivity contribution is -0.140. The van der Waals surface area contributed by atoms with E-state index in [-0.39, 0.29) is 11.4 Å². The highest BCUT2D eigenvalue weighted by Gasteiger charge is 2.39. The van der Waals surface area contributed by atoms with Crippen LogP contribution in [0.4, 0.5) is 0 Å². The van der Waals surface area contributed by atoms with Crippen molar-refractivity contribution in [1.82, 2.24) is 24.5 Å². The highest BCUT2D eigenvalue weighted by molar-refractivity contribution is 7.89. The van der Waals surface area contributed by atoms with Gasteiger partial charge in [-0.15, -0.1) is 5.10 Å². The first-order valence-corrected chi connectivity index (χ1v) is 8.42. The Morgan fingerprint density at radius 1 is 1.39 bits per heavy atom. The van der Waals surface area contributed by atoms with E-state index >= 15 is 0 Å². The molecule has 0 saturated carbocycles. The number of nitrogens with zero attached hydrogens (tertiary/aromatic N) is 5. The molecule has 1 N–H and O–H groups in total. The highest BCUT2D eigenvalue weighted by atomic mass is 32.2. The van der Waals surface area contributed by atoms with Crippen LogP contribution in [0.1, 0.15) is 12.8 Å². The topological polar surface area (TPSA) is 118 Å². The fourth-order valence-electron chi connectivity index (χ4n) is 2.68. The number of tetrazole rings is 1. The predicted octanol–water partition coefficient (Wildman–Crippen LogP) is 0.115. The van der Waals surface area contributed by atoms with E-state index in [1.165, 1.54) is 16.8 Å². The number of hydrogen-bond donors (Lipinski definition) is 1. The average molecular weight is 337 g/mol. The first-order chi connectivity index (χ1) is 10.9. The van der Waals surface area contributed by atoms with Gasteiger partial charge in [-0.1, -0.05) is 12.1 Å². The summed E-state index contributed by atoms with van der Waals surface area (Å²) in [5, 5.41) is 20.3. The maximum Gasteiger partial charge on any atom is 0.322 e. The molecule has 0 amide bonds. The third-order valence-electron chi connectivity index (χ3n) is 3.81. The van der Waals surface area contributed by atoms with Crippen LogP contribution < -0.4 is 0 Å². The molecule has 1 aromatic heterocycles. The van der Waals surface area contributed by atoms with E-state index in [1.807, 2.05) is 0 Å². The van der Waals surface area contributed by atoms with Crippen molar-refractivity contribution in [3.8, 4) is 11.4 Å². The Labute approximate surface area is 132 Å². The van der Waals surface area contributed by atoms with Crippen molar-refractivity contribution in [3.63, 3.8) is 0 Å². The van der Waals surface area contributed by atoms with Gasteiger partial charge in [0.15, 0.2) is 5.82 Å². The Kier molecular flexibility index (Phi) is 3.86. The Hall–Kier alpha value is -2.33. The summed E-state index contributed by atoms with van der Waals surface area (Å²) in [6.07, 6.45) is 0.852. The Morgan fingerprint density at radius 2 is 2.17 bits per heavy atom. The fourth-order valence-corrected chi connectivity index (χ4v) is 4.38. The second kappa shape index (κ2) is 5.70. The van der Waals surface area contributed by atoms with Crippen LogP contribution in [0.3, 0.4) is 0 Å². The summed E-state index contributed by atoms with van der Waals surface area (Å²) in [6, 6.07) is 5.17. The summed E-state index contributed by atoms with van der Waals surface area (Å²) in [4.78, 5) is 11.3. The zero-order valence-electron chi connectivity index (χ0n) is 12.3. The highest BCUT2D eigenvalue weighted by Crippen LogP contribution is 2.28. The Bertz CT molecular complexity index is 848. The number of aromatic nitrogens is 4. The molecule has 0 radical (unpaired) electrons. The molecular formula is C13H15N5O4S. The molecule has 2 heterocycles. The van der Waals surface area contributed by atoms with Gasteiger partial charge >= 0.3 is 5.97 Å². The second-order valence-corrected chi connectivity index (χ2v) is 7.16. The van der Waals surface area contributed by atoms with Crippen LogP contribution in [0.2, 0.25) is 0 Å². The summed E-state index contributed by atoms with van der Waals surface area (Å²) >= 11 is 0. The zero-order chi connectivity index (χ0) is 16.6. The number of rotatable bonds is 4. The van der Waals surface area contributed by atoms with Crippen molar-refractivity contribution in [2.24, 2.45) is 7.05 Å². The van der Waals surface area contributed by atoms with Crippen LogP contribution in [0.15, 0.2) is 29.2 Å². The molecule has 0 aliphatic carbocycles. The average Bonchev–Trinajstić information content (AvgIpc) is 3.16. The molecule has 122 valence electrons. The third kappa shape index (κ3) is 2.70. The third-order valence-corrected chi connectivity index (χ3v) is 5.71. The minimum atomic E-state index is -3.88. The van der Waals surface area contributed by atoms with E-state index in [4.69, 9.17) is 0 Å². The number of hydrogen-bond acceptors (Lipinski definition) is 6. The molecule has 9 nitrogen and oxygen atoms in total. The van der Waals surface area contributed by atoms with Crippen LogP contribution in [-0.2, 0) is 21.9 Å². The standard InChI is InChI=1S/C13H15N5O4S/c1-17-12(14-15-16-17)9-4-2-5-10(8-9)23(21,22)18-7-3-6-11(18)13(19)20/h2,4-5,8,11H,3,6-7H2,1H3,(H,19,20)/t11-/m0/s1. The Morgan fingerprint density at radius 3 is 2.83 bits per heavy atom. The van der Waals surface area contributed by atoms with Gasteiger partial charge < -0.3 is 5.11 Å². The van der Waals surface area contributed by atoms with Crippen molar-refractivity contribution >= 4 is 16.0 Å². The van der Waals surface area contributed by atoms with Crippen molar-refractivity contribution in [1.29, 1.82) is 0 Å². The monoisotopic (exact) mass is 337 g/mol. The molecule has 2 aromatic rings. The SMILES string of the molecule is Cn1nnnc1-c1cccc(S(=O)(=O)N2CCC[C@H]2C(=O)O)c1. The smallest absolute Gasteiger partial charge is 0.322 e. The maximum absolute atomic E-state index is 12.8. The van der Waals surface area contributed by atoms with Crippen molar-refractivity contribution in [2.75, 3.05) is 6.54 Å². The molecule has 1 aromatic carbocycles. The molecule has 1 saturated heterocycles. The minimum Gasteiger partial charge on any atom is -0.480 e. The van der Waals surface area contributed by atoms with Crippen LogP contribution in [-0.4, -0.2) is 56.6 Å². The van der Waals surface area contributed by atoms with Gasteiger partial charge in [-0.3, -0.25) is 4.79 Å². The van der Waals surface area contributed by atoms with E-state index in [1.54, 1.807) is 19.2 Å². The lowest BCUT2D eigenvalue weighted by Gasteiger charge is -2.21. The molecular weight excluding hydrogens is 322 g/mol. The molecule has 0 bridgehead atoms. The maximum atomic E-state index is 12.8. The van der Waals surface area contributed by atoms with Gasteiger partial charge in [0.05, 0.1) is 4.90 Å². The van der Waals surface area contributed by atoms with Crippen molar-refractivity contribution in [2.45, 2.75) is 23.8 Å². The van der Waals surface area contributed by atoms with E-state index in [9.17, 15) is 18.3 Å². The summed E-state index contributed by atoms with van der Waals surface area (Å²) in [5.74, 6) is -0.696. The van der Waals surface area contributed by atoms with Crippen LogP contribution in [0, 0.1) is 0 Å². The Balaban J connectivity index is 2.01. The van der Waals surface area contributed by atoms with Gasteiger partial charge in [0.2, 0.25) is 10.0 Å². The lowest BCUT2D eigenvalue weighted by Crippen LogP contribution is -2.40. The summed E-state index contributed by atoms with van der Waals surface area (Å²) in [6.45, 7) is 0.203. The summed E-state index contributed by atoms with van der Waals surface area (Å²) < 4.78 is 28.0. The number of carboxylic acids is 1. The molecule has 0 spiro atoms. The number of aryl methyl sites for hydroxylation is 1. The zero-order valence-corrected chi connectivity index (χ0v) is 13.1. The number of sulfonamides is 1. The first-order valence-electron chi connectivity index (χ1n) is 6.98. The number of carboxylic acid groups (broad SMARTS) is 1. The van der Waals surface area contributed by atoms with E-state index in [0.29, 0.717) is 24.2 Å². The van der Waals surface area contributed by atoms with Crippen LogP contribution >= 0.6 is 0 Å². The van der Waals surface area contributed by atoms with Crippen LogP contribution in [0.5, 0.6) is 0 Å². The van der Waals surface area contributed by atoms with Crippen molar-refractivity contribution < 1.29 is 18.3 Å². The second-order valence-electron chi connectivity index (χ2n) is 5.27. The molecule has 1 fully saturated rings. The molecule has 1 atom stereocenters. The van der Waals surface area contributed by atoms with Crippen molar-refractivity contribution in [3.05, 3.63) is 24.3 Å². The summed E-state index contributed by atoms with van der Waals surface area (Å²) in [7, 11) is -2.23. The normalized spacial score (nSPS) is 19.1. The van der Waals surface area contributed by atoms with E-state index < -0.39 is 22.0 Å². The largest absolute Gasteiger partial charge is 0.480 e. The molecule has 1 aliphatic rings. The molecule has 0 unspecified atom stereocenters. The lowest BCUT2D eigenvalue weighted by atomic mass is 10.2. The van der Waals surface area contributed by atoms with Gasteiger partial charge in [0.25, 0.3) is 0 Å². The van der Waals surface area contributed by atoms with Gasteiger partial charge in [-0.2, -0.15) is 4.31 Å². The summed E-state index contributed by atoms with van der Waals surface area (Å²) in [5.41, 5.74) is 0.546. The van der Waals surface area contributed by atoms with Crippen LogP contribution in [0.25, 0.3) is 11.4 Å². The molecule has 23 heavy (non-hydrogen) atoms. The molecule has 10 heteroatoms. The number of benzene rings is 1. The number of carbonyl (C=O) groups is 1. The predicted molar refractivity (Wildman–Crippen MR) is 78.8 cm³/mol. The quantitative estimate of drug-likeness (QED) is 0.841. The molecule has 3 rings (SSSR count). The number of aliphatic carboxylic acids is 1. The minimum absolute atomic E-state index is 0.0335. The van der Waals surface area contributed by atoms with Gasteiger partial charge in [-0.05, 0) is 35.4 Å².